The molecular weight excluding hydrogens is 454 g/mol. The molecule has 0 amide bonds. The van der Waals surface area contributed by atoms with Crippen molar-refractivity contribution in [2.75, 3.05) is 7.11 Å². The molecule has 2 aliphatic rings. The molecule has 5 rings (SSSR count). The van der Waals surface area contributed by atoms with E-state index in [0.29, 0.717) is 26.2 Å². The van der Waals surface area contributed by atoms with Crippen molar-refractivity contribution >= 4 is 23.4 Å². The molecule has 0 spiro atoms. The van der Waals surface area contributed by atoms with E-state index in [1.807, 2.05) is 18.2 Å². The summed E-state index contributed by atoms with van der Waals surface area (Å²) in [5, 5.41) is 0. The summed E-state index contributed by atoms with van der Waals surface area (Å²) >= 11 is 1.17. The molecule has 170 valence electrons. The van der Waals surface area contributed by atoms with Crippen LogP contribution in [0, 0.1) is 5.92 Å². The van der Waals surface area contributed by atoms with Crippen molar-refractivity contribution in [3.8, 4) is 11.5 Å². The Morgan fingerprint density at radius 1 is 1.24 bits per heavy atom. The number of hydrogen-bond acceptors (Lipinski definition) is 7. The van der Waals surface area contributed by atoms with Crippen LogP contribution in [0.3, 0.4) is 0 Å². The SMILES string of the molecule is COC(=O)[C@@H]1[C@H]2c3ccccc3O[C@]1(C)N=c1s/c(=C/c3ccc(OC(F)F)cc3)c(=O)n12. The molecule has 0 aliphatic carbocycles. The Hall–Kier alpha value is -3.53. The van der Waals surface area contributed by atoms with Crippen LogP contribution in [0.1, 0.15) is 24.1 Å². The summed E-state index contributed by atoms with van der Waals surface area (Å²) in [6.45, 7) is -1.21. The zero-order chi connectivity index (χ0) is 23.3. The lowest BCUT2D eigenvalue weighted by molar-refractivity contribution is -0.158. The highest BCUT2D eigenvalue weighted by Gasteiger charge is 2.55. The predicted molar refractivity (Wildman–Crippen MR) is 115 cm³/mol. The van der Waals surface area contributed by atoms with Gasteiger partial charge in [0.15, 0.2) is 4.80 Å². The monoisotopic (exact) mass is 472 g/mol. The molecule has 0 saturated heterocycles. The largest absolute Gasteiger partial charge is 0.469 e. The van der Waals surface area contributed by atoms with Crippen LogP contribution in [0.4, 0.5) is 8.78 Å². The number of rotatable bonds is 4. The Bertz CT molecular complexity index is 1420. The van der Waals surface area contributed by atoms with Crippen LogP contribution in [0.15, 0.2) is 58.3 Å². The van der Waals surface area contributed by atoms with Crippen molar-refractivity contribution in [2.45, 2.75) is 25.3 Å². The fourth-order valence-corrected chi connectivity index (χ4v) is 5.43. The second-order valence-electron chi connectivity index (χ2n) is 7.77. The number of nitrogens with zero attached hydrogens (tertiary/aromatic N) is 2. The first-order valence-electron chi connectivity index (χ1n) is 10.0. The number of methoxy groups -OCH3 is 1. The van der Waals surface area contributed by atoms with E-state index >= 15 is 0 Å². The maximum Gasteiger partial charge on any atom is 0.387 e. The van der Waals surface area contributed by atoms with Gasteiger partial charge in [-0.1, -0.05) is 41.7 Å². The minimum atomic E-state index is -2.91. The first-order chi connectivity index (χ1) is 15.8. The molecule has 2 aliphatic heterocycles. The Morgan fingerprint density at radius 2 is 1.97 bits per heavy atom. The van der Waals surface area contributed by atoms with E-state index in [4.69, 9.17) is 9.47 Å². The highest BCUT2D eigenvalue weighted by molar-refractivity contribution is 7.07. The van der Waals surface area contributed by atoms with Gasteiger partial charge in [0.25, 0.3) is 5.56 Å². The van der Waals surface area contributed by atoms with Gasteiger partial charge in [0.1, 0.15) is 17.4 Å². The Balaban J connectivity index is 1.67. The number of halogens is 2. The highest BCUT2D eigenvalue weighted by atomic mass is 32.1. The highest BCUT2D eigenvalue weighted by Crippen LogP contribution is 2.47. The number of carbonyl (C=O) groups is 1. The molecule has 3 heterocycles. The number of ether oxygens (including phenoxy) is 3. The maximum absolute atomic E-state index is 13.5. The van der Waals surface area contributed by atoms with Crippen LogP contribution in [-0.4, -0.2) is 30.0 Å². The van der Waals surface area contributed by atoms with Crippen LogP contribution in [0.5, 0.6) is 11.5 Å². The van der Waals surface area contributed by atoms with E-state index in [-0.39, 0.29) is 11.3 Å². The topological polar surface area (TPSA) is 79.1 Å². The zero-order valence-electron chi connectivity index (χ0n) is 17.5. The Labute approximate surface area is 190 Å². The van der Waals surface area contributed by atoms with Gasteiger partial charge in [-0.25, -0.2) is 4.99 Å². The smallest absolute Gasteiger partial charge is 0.387 e. The van der Waals surface area contributed by atoms with Crippen LogP contribution in [0.2, 0.25) is 0 Å². The van der Waals surface area contributed by atoms with Gasteiger partial charge in [-0.2, -0.15) is 8.78 Å². The van der Waals surface area contributed by atoms with E-state index in [1.54, 1.807) is 31.2 Å². The molecule has 1 aromatic heterocycles. The van der Waals surface area contributed by atoms with Crippen LogP contribution >= 0.6 is 11.3 Å². The lowest BCUT2D eigenvalue weighted by atomic mass is 9.81. The zero-order valence-corrected chi connectivity index (χ0v) is 18.3. The molecule has 10 heteroatoms. The summed E-state index contributed by atoms with van der Waals surface area (Å²) < 4.78 is 42.2. The number of carbonyl (C=O) groups excluding carboxylic acids is 1. The molecule has 3 atom stereocenters. The normalized spacial score (nSPS) is 23.2. The molecule has 2 aromatic carbocycles. The third-order valence-electron chi connectivity index (χ3n) is 5.74. The number of para-hydroxylation sites is 1. The molecule has 0 saturated carbocycles. The summed E-state index contributed by atoms with van der Waals surface area (Å²) in [5.74, 6) is -0.797. The van der Waals surface area contributed by atoms with Gasteiger partial charge >= 0.3 is 12.6 Å². The van der Waals surface area contributed by atoms with Gasteiger partial charge < -0.3 is 14.2 Å². The fraction of sp³-hybridized carbons (Fsp3) is 0.261. The summed E-state index contributed by atoms with van der Waals surface area (Å²) in [5.41, 5.74) is -0.233. The molecule has 0 unspecified atom stereocenters. The molecule has 0 N–H and O–H groups in total. The molecule has 3 aromatic rings. The Morgan fingerprint density at radius 3 is 2.67 bits per heavy atom. The minimum absolute atomic E-state index is 0.0238. The lowest BCUT2D eigenvalue weighted by Gasteiger charge is -2.44. The van der Waals surface area contributed by atoms with E-state index < -0.39 is 30.3 Å². The predicted octanol–water partition coefficient (Wildman–Crippen LogP) is 2.46. The van der Waals surface area contributed by atoms with Crippen LogP contribution in [0.25, 0.3) is 6.08 Å². The van der Waals surface area contributed by atoms with Gasteiger partial charge in [-0.05, 0) is 36.8 Å². The number of aromatic nitrogens is 1. The third-order valence-corrected chi connectivity index (χ3v) is 6.72. The molecular formula is C23H18F2N2O5S. The van der Waals surface area contributed by atoms with Crippen molar-refractivity contribution in [3.63, 3.8) is 0 Å². The summed E-state index contributed by atoms with van der Waals surface area (Å²) in [6.07, 6.45) is 1.65. The molecule has 0 radical (unpaired) electrons. The molecule has 0 fully saturated rings. The molecule has 7 nitrogen and oxygen atoms in total. The number of fused-ring (bicyclic) bond motifs is 6. The lowest BCUT2D eigenvalue weighted by Crippen LogP contribution is -2.58. The average Bonchev–Trinajstić information content (AvgIpc) is 3.07. The standard InChI is InChI=1S/C23H18F2N2O5S/c1-23-17(20(29)30-2)18(14-5-3-4-6-15(14)32-23)27-19(28)16(33-22(27)26-23)11-12-7-9-13(10-8-12)31-21(24)25/h3-11,17-18,21H,1-2H3/b16-11+/t17-,18+,23-/m0/s1. The summed E-state index contributed by atoms with van der Waals surface area (Å²) in [7, 11) is 1.29. The second-order valence-corrected chi connectivity index (χ2v) is 8.78. The van der Waals surface area contributed by atoms with Crippen molar-refractivity contribution < 1.29 is 27.8 Å². The summed E-state index contributed by atoms with van der Waals surface area (Å²) in [4.78, 5) is 31.3. The van der Waals surface area contributed by atoms with Crippen LogP contribution < -0.4 is 24.4 Å². The van der Waals surface area contributed by atoms with Gasteiger partial charge in [0, 0.05) is 5.56 Å². The van der Waals surface area contributed by atoms with Crippen molar-refractivity contribution in [1.82, 2.24) is 4.57 Å². The van der Waals surface area contributed by atoms with E-state index in [1.165, 1.54) is 35.1 Å². The second kappa shape index (κ2) is 7.80. The van der Waals surface area contributed by atoms with Gasteiger partial charge in [0.2, 0.25) is 5.72 Å². The van der Waals surface area contributed by atoms with Gasteiger partial charge in [0.05, 0.1) is 17.7 Å². The average molecular weight is 472 g/mol. The van der Waals surface area contributed by atoms with Crippen molar-refractivity contribution in [2.24, 2.45) is 10.9 Å². The van der Waals surface area contributed by atoms with Gasteiger partial charge in [-0.15, -0.1) is 0 Å². The number of alkyl halides is 2. The first-order valence-corrected chi connectivity index (χ1v) is 10.9. The molecule has 2 bridgehead atoms. The fourth-order valence-electron chi connectivity index (χ4n) is 4.33. The molecule has 33 heavy (non-hydrogen) atoms. The number of benzene rings is 2. The van der Waals surface area contributed by atoms with Crippen molar-refractivity contribution in [3.05, 3.63) is 79.3 Å². The maximum atomic E-state index is 13.5. The van der Waals surface area contributed by atoms with E-state index in [0.717, 1.165) is 0 Å². The number of hydrogen-bond donors (Lipinski definition) is 0. The Kier molecular flexibility index (Phi) is 5.04. The number of thiazole rings is 1. The first kappa shape index (κ1) is 21.3. The summed E-state index contributed by atoms with van der Waals surface area (Å²) in [6, 6.07) is 12.5. The number of esters is 1. The quantitative estimate of drug-likeness (QED) is 0.545. The van der Waals surface area contributed by atoms with Gasteiger partial charge in [-0.3, -0.25) is 14.2 Å². The van der Waals surface area contributed by atoms with E-state index in [9.17, 15) is 18.4 Å². The van der Waals surface area contributed by atoms with Crippen molar-refractivity contribution in [1.29, 1.82) is 0 Å². The van der Waals surface area contributed by atoms with E-state index in [2.05, 4.69) is 9.73 Å². The third kappa shape index (κ3) is 3.50. The van der Waals surface area contributed by atoms with Crippen LogP contribution in [-0.2, 0) is 9.53 Å². The minimum Gasteiger partial charge on any atom is -0.469 e.